The molecule has 0 saturated heterocycles. The van der Waals surface area contributed by atoms with Crippen molar-refractivity contribution in [3.05, 3.63) is 47.8 Å². The predicted octanol–water partition coefficient (Wildman–Crippen LogP) is 4.05. The smallest absolute Gasteiger partial charge is 0.0659 e. The Kier molecular flexibility index (Phi) is 2.54. The molecular formula is C16H20N2. The molecule has 1 aromatic carbocycles. The molecule has 1 fully saturated rings. The Morgan fingerprint density at radius 1 is 1.06 bits per heavy atom. The van der Waals surface area contributed by atoms with Crippen LogP contribution in [0.15, 0.2) is 36.5 Å². The molecule has 2 aromatic rings. The van der Waals surface area contributed by atoms with Crippen molar-refractivity contribution in [2.24, 2.45) is 0 Å². The van der Waals surface area contributed by atoms with E-state index < -0.39 is 0 Å². The second kappa shape index (κ2) is 3.98. The van der Waals surface area contributed by atoms with Crippen LogP contribution in [0.3, 0.4) is 0 Å². The van der Waals surface area contributed by atoms with Crippen molar-refractivity contribution in [2.45, 2.75) is 44.9 Å². The summed E-state index contributed by atoms with van der Waals surface area (Å²) in [4.78, 5) is 0. The normalized spacial score (nSPS) is 15.9. The van der Waals surface area contributed by atoms with E-state index in [0.29, 0.717) is 0 Å². The van der Waals surface area contributed by atoms with Crippen LogP contribution in [0.25, 0.3) is 5.69 Å². The van der Waals surface area contributed by atoms with Gasteiger partial charge >= 0.3 is 0 Å². The minimum Gasteiger partial charge on any atom is -0.241 e. The molecule has 2 nitrogen and oxygen atoms in total. The fraction of sp³-hybridized carbons (Fsp3) is 0.438. The fourth-order valence-corrected chi connectivity index (χ4v) is 2.19. The zero-order valence-corrected chi connectivity index (χ0v) is 11.4. The lowest BCUT2D eigenvalue weighted by Crippen LogP contribution is -2.10. The highest BCUT2D eigenvalue weighted by Gasteiger charge is 2.25. The van der Waals surface area contributed by atoms with Crippen molar-refractivity contribution >= 4 is 0 Å². The van der Waals surface area contributed by atoms with Gasteiger partial charge in [0.1, 0.15) is 0 Å². The number of aromatic nitrogens is 2. The quantitative estimate of drug-likeness (QED) is 0.774. The maximum Gasteiger partial charge on any atom is 0.0659 e. The average molecular weight is 240 g/mol. The molecule has 0 amide bonds. The lowest BCUT2D eigenvalue weighted by Gasteiger charge is -2.19. The first kappa shape index (κ1) is 11.5. The van der Waals surface area contributed by atoms with Gasteiger partial charge < -0.3 is 0 Å². The van der Waals surface area contributed by atoms with Gasteiger partial charge in [-0.05, 0) is 42.0 Å². The molecule has 0 N–H and O–H groups in total. The predicted molar refractivity (Wildman–Crippen MR) is 74.2 cm³/mol. The summed E-state index contributed by atoms with van der Waals surface area (Å²) in [5, 5.41) is 4.65. The van der Waals surface area contributed by atoms with E-state index in [9.17, 15) is 0 Å². The SMILES string of the molecule is CC(C)(C)c1ccc(-n2ccc(C3CC3)n2)cc1. The van der Waals surface area contributed by atoms with Gasteiger partial charge in [0.05, 0.1) is 11.4 Å². The molecule has 0 atom stereocenters. The van der Waals surface area contributed by atoms with Crippen LogP contribution in [-0.4, -0.2) is 9.78 Å². The van der Waals surface area contributed by atoms with Crippen molar-refractivity contribution in [2.75, 3.05) is 0 Å². The Balaban J connectivity index is 1.87. The molecule has 0 spiro atoms. The van der Waals surface area contributed by atoms with Crippen LogP contribution in [-0.2, 0) is 5.41 Å². The van der Waals surface area contributed by atoms with E-state index >= 15 is 0 Å². The third-order valence-corrected chi connectivity index (χ3v) is 3.60. The van der Waals surface area contributed by atoms with Gasteiger partial charge in [0.2, 0.25) is 0 Å². The van der Waals surface area contributed by atoms with Gasteiger partial charge in [-0.3, -0.25) is 0 Å². The Hall–Kier alpha value is -1.57. The monoisotopic (exact) mass is 240 g/mol. The molecule has 1 heterocycles. The minimum atomic E-state index is 0.210. The first-order chi connectivity index (χ1) is 8.54. The van der Waals surface area contributed by atoms with Crippen molar-refractivity contribution in [3.63, 3.8) is 0 Å². The molecule has 1 aliphatic carbocycles. The van der Waals surface area contributed by atoms with E-state index in [4.69, 9.17) is 0 Å². The molecule has 0 unspecified atom stereocenters. The topological polar surface area (TPSA) is 17.8 Å². The summed E-state index contributed by atoms with van der Waals surface area (Å²) in [6.07, 6.45) is 4.68. The zero-order valence-electron chi connectivity index (χ0n) is 11.4. The molecule has 0 radical (unpaired) electrons. The largest absolute Gasteiger partial charge is 0.241 e. The van der Waals surface area contributed by atoms with Gasteiger partial charge in [-0.15, -0.1) is 0 Å². The molecule has 0 aliphatic heterocycles. The molecule has 1 saturated carbocycles. The van der Waals surface area contributed by atoms with E-state index in [-0.39, 0.29) is 5.41 Å². The zero-order chi connectivity index (χ0) is 12.8. The average Bonchev–Trinajstić information content (AvgIpc) is 3.06. The summed E-state index contributed by atoms with van der Waals surface area (Å²) in [7, 11) is 0. The van der Waals surface area contributed by atoms with Crippen molar-refractivity contribution in [3.8, 4) is 5.69 Å². The van der Waals surface area contributed by atoms with E-state index in [1.54, 1.807) is 0 Å². The molecule has 3 rings (SSSR count). The number of benzene rings is 1. The number of hydrogen-bond acceptors (Lipinski definition) is 1. The molecule has 2 heteroatoms. The van der Waals surface area contributed by atoms with Crippen LogP contribution in [0.5, 0.6) is 0 Å². The molecule has 0 bridgehead atoms. The molecule has 1 aliphatic rings. The Bertz CT molecular complexity index is 539. The number of hydrogen-bond donors (Lipinski definition) is 0. The van der Waals surface area contributed by atoms with Crippen molar-refractivity contribution in [1.29, 1.82) is 0 Å². The summed E-state index contributed by atoms with van der Waals surface area (Å²) in [5.74, 6) is 0.722. The number of nitrogens with zero attached hydrogens (tertiary/aromatic N) is 2. The minimum absolute atomic E-state index is 0.210. The van der Waals surface area contributed by atoms with E-state index in [1.165, 1.54) is 24.1 Å². The third kappa shape index (κ3) is 2.20. The first-order valence-electron chi connectivity index (χ1n) is 6.70. The van der Waals surface area contributed by atoms with Crippen LogP contribution >= 0.6 is 0 Å². The molecule has 18 heavy (non-hydrogen) atoms. The lowest BCUT2D eigenvalue weighted by atomic mass is 9.87. The third-order valence-electron chi connectivity index (χ3n) is 3.60. The summed E-state index contributed by atoms with van der Waals surface area (Å²) in [5.41, 5.74) is 3.97. The second-order valence-corrected chi connectivity index (χ2v) is 6.26. The maximum atomic E-state index is 4.65. The van der Waals surface area contributed by atoms with Crippen molar-refractivity contribution in [1.82, 2.24) is 9.78 Å². The Morgan fingerprint density at radius 2 is 1.72 bits per heavy atom. The molecule has 94 valence electrons. The van der Waals surface area contributed by atoms with Gasteiger partial charge in [-0.2, -0.15) is 5.10 Å². The van der Waals surface area contributed by atoms with Gasteiger partial charge in [0.15, 0.2) is 0 Å². The van der Waals surface area contributed by atoms with Crippen LogP contribution < -0.4 is 0 Å². The Labute approximate surface area is 109 Å². The lowest BCUT2D eigenvalue weighted by molar-refractivity contribution is 0.590. The highest BCUT2D eigenvalue weighted by molar-refractivity contribution is 5.36. The first-order valence-corrected chi connectivity index (χ1v) is 6.70. The number of rotatable bonds is 2. The van der Waals surface area contributed by atoms with Gasteiger partial charge in [-0.25, -0.2) is 4.68 Å². The summed E-state index contributed by atoms with van der Waals surface area (Å²) >= 11 is 0. The molecule has 1 aromatic heterocycles. The highest BCUT2D eigenvalue weighted by Crippen LogP contribution is 2.39. The van der Waals surface area contributed by atoms with E-state index in [1.807, 2.05) is 4.68 Å². The van der Waals surface area contributed by atoms with Crippen LogP contribution in [0.1, 0.15) is 50.8 Å². The fourth-order valence-electron chi connectivity index (χ4n) is 2.19. The van der Waals surface area contributed by atoms with Gasteiger partial charge in [0.25, 0.3) is 0 Å². The van der Waals surface area contributed by atoms with Crippen LogP contribution in [0, 0.1) is 0 Å². The second-order valence-electron chi connectivity index (χ2n) is 6.26. The van der Waals surface area contributed by atoms with E-state index in [0.717, 1.165) is 11.6 Å². The Morgan fingerprint density at radius 3 is 2.28 bits per heavy atom. The summed E-state index contributed by atoms with van der Waals surface area (Å²) in [6.45, 7) is 6.71. The van der Waals surface area contributed by atoms with E-state index in [2.05, 4.69) is 62.4 Å². The van der Waals surface area contributed by atoms with Gasteiger partial charge in [0, 0.05) is 12.1 Å². The highest BCUT2D eigenvalue weighted by atomic mass is 15.3. The van der Waals surface area contributed by atoms with Crippen LogP contribution in [0.4, 0.5) is 0 Å². The maximum absolute atomic E-state index is 4.65. The molecular weight excluding hydrogens is 220 g/mol. The standard InChI is InChI=1S/C16H20N2/c1-16(2,3)13-6-8-14(9-7-13)18-11-10-15(17-18)12-4-5-12/h6-12H,4-5H2,1-3H3. The summed E-state index contributed by atoms with van der Waals surface area (Å²) < 4.78 is 1.99. The summed E-state index contributed by atoms with van der Waals surface area (Å²) in [6, 6.07) is 10.9. The van der Waals surface area contributed by atoms with Gasteiger partial charge in [-0.1, -0.05) is 32.9 Å². The van der Waals surface area contributed by atoms with Crippen molar-refractivity contribution < 1.29 is 0 Å². The van der Waals surface area contributed by atoms with Crippen LogP contribution in [0.2, 0.25) is 0 Å².